The Labute approximate surface area is 145 Å². The van der Waals surface area contributed by atoms with Crippen LogP contribution in [-0.2, 0) is 11.3 Å². The lowest BCUT2D eigenvalue weighted by Crippen LogP contribution is -2.23. The molecule has 2 aromatic rings. The minimum absolute atomic E-state index is 0.0191. The molecule has 8 nitrogen and oxygen atoms in total. The minimum Gasteiger partial charge on any atom is -0.372 e. The highest BCUT2D eigenvalue weighted by atomic mass is 16.6. The summed E-state index contributed by atoms with van der Waals surface area (Å²) >= 11 is 0. The lowest BCUT2D eigenvalue weighted by Gasteiger charge is -2.22. The summed E-state index contributed by atoms with van der Waals surface area (Å²) in [6.07, 6.45) is 7.53. The molecule has 0 atom stereocenters. The van der Waals surface area contributed by atoms with Gasteiger partial charge in [-0.3, -0.25) is 4.79 Å². The standard InChI is InChI=1S/C17H21N5O3/c23-17(12-20-11-16(18-13-20)22(24)25)19-14-5-7-15(8-6-14)21-9-3-1-2-4-10-21/h5-8,11,13H,1-4,9-10,12H2,(H,19,23). The molecule has 1 aromatic heterocycles. The monoisotopic (exact) mass is 343 g/mol. The molecule has 0 bridgehead atoms. The Morgan fingerprint density at radius 2 is 1.84 bits per heavy atom. The summed E-state index contributed by atoms with van der Waals surface area (Å²) in [7, 11) is 0. The third-order valence-electron chi connectivity index (χ3n) is 4.26. The molecule has 1 aliphatic heterocycles. The van der Waals surface area contributed by atoms with Gasteiger partial charge in [0.2, 0.25) is 12.2 Å². The Kier molecular flexibility index (Phi) is 5.27. The second-order valence-corrected chi connectivity index (χ2v) is 6.16. The lowest BCUT2D eigenvalue weighted by molar-refractivity contribution is -0.389. The molecule has 0 spiro atoms. The number of amides is 1. The molecule has 1 fully saturated rings. The molecule has 0 radical (unpaired) electrons. The van der Waals surface area contributed by atoms with E-state index in [2.05, 4.69) is 15.2 Å². The number of carbonyl (C=O) groups is 1. The van der Waals surface area contributed by atoms with Crippen LogP contribution in [0.4, 0.5) is 17.2 Å². The third-order valence-corrected chi connectivity index (χ3v) is 4.26. The van der Waals surface area contributed by atoms with Gasteiger partial charge in [-0.15, -0.1) is 0 Å². The zero-order valence-electron chi connectivity index (χ0n) is 13.9. The first kappa shape index (κ1) is 16.9. The summed E-state index contributed by atoms with van der Waals surface area (Å²) in [5.41, 5.74) is 1.88. The molecular formula is C17H21N5O3. The van der Waals surface area contributed by atoms with E-state index in [-0.39, 0.29) is 18.3 Å². The van der Waals surface area contributed by atoms with Crippen molar-refractivity contribution in [2.45, 2.75) is 32.2 Å². The van der Waals surface area contributed by atoms with Gasteiger partial charge >= 0.3 is 5.82 Å². The van der Waals surface area contributed by atoms with Crippen molar-refractivity contribution in [1.82, 2.24) is 9.55 Å². The molecule has 3 rings (SSSR count). The molecule has 25 heavy (non-hydrogen) atoms. The van der Waals surface area contributed by atoms with Crippen LogP contribution in [0.5, 0.6) is 0 Å². The van der Waals surface area contributed by atoms with Gasteiger partial charge in [0.1, 0.15) is 12.7 Å². The topological polar surface area (TPSA) is 93.3 Å². The van der Waals surface area contributed by atoms with E-state index < -0.39 is 4.92 Å². The van der Waals surface area contributed by atoms with Crippen molar-refractivity contribution in [3.05, 3.63) is 46.9 Å². The summed E-state index contributed by atoms with van der Waals surface area (Å²) in [5, 5.41) is 13.4. The maximum absolute atomic E-state index is 12.1. The summed E-state index contributed by atoms with van der Waals surface area (Å²) in [4.78, 5) is 28.1. The first-order chi connectivity index (χ1) is 12.1. The average molecular weight is 343 g/mol. The molecule has 1 N–H and O–H groups in total. The molecule has 1 aromatic carbocycles. The molecule has 1 saturated heterocycles. The van der Waals surface area contributed by atoms with Gasteiger partial charge < -0.3 is 24.9 Å². The Balaban J connectivity index is 1.56. The van der Waals surface area contributed by atoms with Crippen LogP contribution in [0, 0.1) is 10.1 Å². The Bertz CT molecular complexity index is 733. The smallest absolute Gasteiger partial charge is 0.372 e. The zero-order chi connectivity index (χ0) is 17.6. The van der Waals surface area contributed by atoms with E-state index in [0.717, 1.165) is 13.1 Å². The van der Waals surface area contributed by atoms with E-state index in [1.807, 2.05) is 24.3 Å². The Morgan fingerprint density at radius 3 is 2.44 bits per heavy atom. The van der Waals surface area contributed by atoms with Gasteiger partial charge in [-0.1, -0.05) is 12.8 Å². The number of hydrogen-bond donors (Lipinski definition) is 1. The Hall–Kier alpha value is -2.90. The second-order valence-electron chi connectivity index (χ2n) is 6.16. The number of hydrogen-bond acceptors (Lipinski definition) is 5. The molecule has 0 unspecified atom stereocenters. The summed E-state index contributed by atoms with van der Waals surface area (Å²) in [5.74, 6) is -0.524. The van der Waals surface area contributed by atoms with Crippen molar-refractivity contribution >= 4 is 23.1 Å². The van der Waals surface area contributed by atoms with Crippen molar-refractivity contribution in [3.63, 3.8) is 0 Å². The highest BCUT2D eigenvalue weighted by Gasteiger charge is 2.13. The minimum atomic E-state index is -0.587. The normalized spacial score (nSPS) is 14.8. The molecule has 8 heteroatoms. The van der Waals surface area contributed by atoms with Crippen molar-refractivity contribution < 1.29 is 9.72 Å². The van der Waals surface area contributed by atoms with Crippen molar-refractivity contribution in [3.8, 4) is 0 Å². The number of imidazole rings is 1. The van der Waals surface area contributed by atoms with Gasteiger partial charge in [0.15, 0.2) is 0 Å². The van der Waals surface area contributed by atoms with Crippen molar-refractivity contribution in [2.24, 2.45) is 0 Å². The number of nitrogens with one attached hydrogen (secondary N) is 1. The quantitative estimate of drug-likeness (QED) is 0.665. The predicted molar refractivity (Wildman–Crippen MR) is 94.6 cm³/mol. The van der Waals surface area contributed by atoms with Gasteiger partial charge in [-0.05, 0) is 47.0 Å². The number of anilines is 2. The molecule has 132 valence electrons. The zero-order valence-corrected chi connectivity index (χ0v) is 13.9. The number of rotatable bonds is 5. The maximum atomic E-state index is 12.1. The fourth-order valence-corrected chi connectivity index (χ4v) is 2.98. The van der Waals surface area contributed by atoms with Crippen molar-refractivity contribution in [1.29, 1.82) is 0 Å². The molecule has 0 aliphatic carbocycles. The number of benzene rings is 1. The molecule has 2 heterocycles. The van der Waals surface area contributed by atoms with E-state index in [1.165, 1.54) is 48.5 Å². The van der Waals surface area contributed by atoms with E-state index in [9.17, 15) is 14.9 Å². The number of nitro groups is 1. The van der Waals surface area contributed by atoms with Crippen LogP contribution in [0.3, 0.4) is 0 Å². The average Bonchev–Trinajstić information content (AvgIpc) is 2.89. The van der Waals surface area contributed by atoms with E-state index in [1.54, 1.807) is 0 Å². The van der Waals surface area contributed by atoms with Crippen LogP contribution in [0.15, 0.2) is 36.8 Å². The van der Waals surface area contributed by atoms with Gasteiger partial charge in [0.25, 0.3) is 0 Å². The largest absolute Gasteiger partial charge is 0.381 e. The number of nitrogens with zero attached hydrogens (tertiary/aromatic N) is 4. The van der Waals surface area contributed by atoms with Gasteiger partial charge in [-0.2, -0.15) is 0 Å². The predicted octanol–water partition coefficient (Wildman–Crippen LogP) is 2.81. The second kappa shape index (κ2) is 7.78. The first-order valence-corrected chi connectivity index (χ1v) is 8.43. The van der Waals surface area contributed by atoms with Crippen LogP contribution in [0.25, 0.3) is 0 Å². The molecule has 1 amide bonds. The fourth-order valence-electron chi connectivity index (χ4n) is 2.98. The fraction of sp³-hybridized carbons (Fsp3) is 0.412. The summed E-state index contributed by atoms with van der Waals surface area (Å²) in [6.45, 7) is 2.13. The first-order valence-electron chi connectivity index (χ1n) is 8.43. The van der Waals surface area contributed by atoms with Gasteiger partial charge in [-0.25, -0.2) is 0 Å². The Morgan fingerprint density at radius 1 is 1.16 bits per heavy atom. The van der Waals surface area contributed by atoms with Gasteiger partial charge in [0, 0.05) is 24.5 Å². The molecule has 0 saturated carbocycles. The number of carbonyl (C=O) groups excluding carboxylic acids is 1. The lowest BCUT2D eigenvalue weighted by atomic mass is 10.2. The molecule has 1 aliphatic rings. The molecular weight excluding hydrogens is 322 g/mol. The highest BCUT2D eigenvalue weighted by molar-refractivity contribution is 5.90. The van der Waals surface area contributed by atoms with Crippen LogP contribution < -0.4 is 10.2 Å². The van der Waals surface area contributed by atoms with Crippen molar-refractivity contribution in [2.75, 3.05) is 23.3 Å². The van der Waals surface area contributed by atoms with Crippen LogP contribution in [0.2, 0.25) is 0 Å². The van der Waals surface area contributed by atoms with E-state index >= 15 is 0 Å². The SMILES string of the molecule is O=C(Cn1cnc([N+](=O)[O-])c1)Nc1ccc(N2CCCCCC2)cc1. The highest BCUT2D eigenvalue weighted by Crippen LogP contribution is 2.21. The van der Waals surface area contributed by atoms with Crippen LogP contribution in [-0.4, -0.2) is 33.5 Å². The van der Waals surface area contributed by atoms with E-state index in [4.69, 9.17) is 0 Å². The van der Waals surface area contributed by atoms with Crippen LogP contribution in [0.1, 0.15) is 25.7 Å². The third kappa shape index (κ3) is 4.56. The summed E-state index contributed by atoms with van der Waals surface area (Å²) in [6, 6.07) is 7.80. The van der Waals surface area contributed by atoms with Gasteiger partial charge in [0.05, 0.1) is 0 Å². The van der Waals surface area contributed by atoms with E-state index in [0.29, 0.717) is 5.69 Å². The maximum Gasteiger partial charge on any atom is 0.381 e. The summed E-state index contributed by atoms with van der Waals surface area (Å²) < 4.78 is 1.39. The number of aromatic nitrogens is 2. The van der Waals surface area contributed by atoms with Crippen LogP contribution >= 0.6 is 0 Å².